The maximum Gasteiger partial charge on any atom is 0.275 e. The highest BCUT2D eigenvalue weighted by atomic mass is 35.5. The van der Waals surface area contributed by atoms with Crippen molar-refractivity contribution in [3.05, 3.63) is 58.6 Å². The Morgan fingerprint density at radius 3 is 2.40 bits per heavy atom. The molecule has 0 radical (unpaired) electrons. The van der Waals surface area contributed by atoms with Gasteiger partial charge in [-0.3, -0.25) is 10.2 Å². The highest BCUT2D eigenvalue weighted by molar-refractivity contribution is 7.89. The molecule has 0 spiro atoms. The summed E-state index contributed by atoms with van der Waals surface area (Å²) < 4.78 is 29.8. The highest BCUT2D eigenvalue weighted by Gasteiger charge is 2.20. The highest BCUT2D eigenvalue weighted by Crippen LogP contribution is 2.21. The Balaban J connectivity index is 1.99. The molecule has 0 unspecified atom stereocenters. The van der Waals surface area contributed by atoms with Crippen LogP contribution in [0.4, 0.5) is 0 Å². The van der Waals surface area contributed by atoms with Gasteiger partial charge in [0.15, 0.2) is 6.10 Å². The summed E-state index contributed by atoms with van der Waals surface area (Å²) in [6, 6.07) is 11.1. The second kappa shape index (κ2) is 7.86. The molecule has 0 aliphatic carbocycles. The normalized spacial score (nSPS) is 12.5. The molecule has 2 aromatic rings. The van der Waals surface area contributed by atoms with E-state index >= 15 is 0 Å². The monoisotopic (exact) mass is 382 g/mol. The molecule has 2 aromatic carbocycles. The van der Waals surface area contributed by atoms with Crippen molar-refractivity contribution in [3.8, 4) is 5.75 Å². The van der Waals surface area contributed by atoms with E-state index in [1.807, 2.05) is 30.8 Å². The lowest BCUT2D eigenvalue weighted by Gasteiger charge is -2.17. The molecule has 134 valence electrons. The Morgan fingerprint density at radius 1 is 1.12 bits per heavy atom. The number of carbonyl (C=O) groups is 1. The summed E-state index contributed by atoms with van der Waals surface area (Å²) in [7, 11) is -3.89. The molecule has 25 heavy (non-hydrogen) atoms. The lowest BCUT2D eigenvalue weighted by molar-refractivity contribution is -0.127. The number of ether oxygens (including phenoxy) is 1. The summed E-state index contributed by atoms with van der Waals surface area (Å²) >= 11 is 5.73. The van der Waals surface area contributed by atoms with Gasteiger partial charge in [-0.05, 0) is 62.2 Å². The van der Waals surface area contributed by atoms with Gasteiger partial charge in [0.25, 0.3) is 15.9 Å². The molecule has 1 atom stereocenters. The SMILES string of the molecule is Cc1cccc(O[C@H](C)C(=O)NNS(=O)(=O)c2ccc(Cl)cc2)c1C. The standard InChI is InChI=1S/C17H19ClN2O4S/c1-11-5-4-6-16(12(11)2)24-13(3)17(21)19-20-25(22,23)15-9-7-14(18)8-10-15/h4-10,13,20H,1-3H3,(H,19,21)/t13-/m1/s1. The van der Waals surface area contributed by atoms with E-state index in [1.165, 1.54) is 31.2 Å². The lowest BCUT2D eigenvalue weighted by Crippen LogP contribution is -2.47. The minimum absolute atomic E-state index is 0.0136. The van der Waals surface area contributed by atoms with Gasteiger partial charge in [-0.25, -0.2) is 8.42 Å². The summed E-state index contributed by atoms with van der Waals surface area (Å²) in [5.74, 6) is -0.0401. The van der Waals surface area contributed by atoms with E-state index in [9.17, 15) is 13.2 Å². The zero-order valence-corrected chi connectivity index (χ0v) is 15.6. The van der Waals surface area contributed by atoms with E-state index in [4.69, 9.17) is 16.3 Å². The molecule has 0 saturated carbocycles. The third-order valence-corrected chi connectivity index (χ3v) is 5.18. The average molecular weight is 383 g/mol. The fraction of sp³-hybridized carbons (Fsp3) is 0.235. The van der Waals surface area contributed by atoms with E-state index < -0.39 is 22.0 Å². The van der Waals surface area contributed by atoms with Crippen molar-refractivity contribution in [1.29, 1.82) is 0 Å². The largest absolute Gasteiger partial charge is 0.481 e. The van der Waals surface area contributed by atoms with Gasteiger partial charge in [-0.1, -0.05) is 23.7 Å². The number of carbonyl (C=O) groups excluding carboxylic acids is 1. The summed E-state index contributed by atoms with van der Waals surface area (Å²) in [5, 5.41) is 0.415. The Bertz CT molecular complexity index is 867. The molecule has 2 rings (SSSR count). The van der Waals surface area contributed by atoms with Crippen molar-refractivity contribution >= 4 is 27.5 Å². The van der Waals surface area contributed by atoms with E-state index in [0.29, 0.717) is 10.8 Å². The van der Waals surface area contributed by atoms with Crippen LogP contribution in [0.25, 0.3) is 0 Å². The van der Waals surface area contributed by atoms with Crippen LogP contribution in [0, 0.1) is 13.8 Å². The molecule has 0 aliphatic heterocycles. The van der Waals surface area contributed by atoms with Crippen molar-refractivity contribution in [2.24, 2.45) is 0 Å². The van der Waals surface area contributed by atoms with Crippen LogP contribution in [0.15, 0.2) is 47.4 Å². The first-order valence-electron chi connectivity index (χ1n) is 7.51. The van der Waals surface area contributed by atoms with Gasteiger partial charge in [-0.15, -0.1) is 4.83 Å². The van der Waals surface area contributed by atoms with Gasteiger partial charge in [0.05, 0.1) is 4.90 Å². The number of aryl methyl sites for hydroxylation is 1. The van der Waals surface area contributed by atoms with E-state index in [2.05, 4.69) is 5.43 Å². The van der Waals surface area contributed by atoms with Crippen LogP contribution >= 0.6 is 11.6 Å². The molecule has 0 bridgehead atoms. The van der Waals surface area contributed by atoms with Gasteiger partial charge in [-0.2, -0.15) is 0 Å². The van der Waals surface area contributed by atoms with Gasteiger partial charge >= 0.3 is 0 Å². The van der Waals surface area contributed by atoms with Gasteiger partial charge in [0, 0.05) is 5.02 Å². The molecule has 0 fully saturated rings. The molecule has 1 amide bonds. The third kappa shape index (κ3) is 4.94. The first kappa shape index (κ1) is 19.2. The molecule has 8 heteroatoms. The van der Waals surface area contributed by atoms with E-state index in [1.54, 1.807) is 6.07 Å². The van der Waals surface area contributed by atoms with Crippen molar-refractivity contribution in [3.63, 3.8) is 0 Å². The maximum atomic E-state index is 12.1. The van der Waals surface area contributed by atoms with Gasteiger partial charge in [0.1, 0.15) is 5.75 Å². The fourth-order valence-electron chi connectivity index (χ4n) is 1.99. The smallest absolute Gasteiger partial charge is 0.275 e. The van der Waals surface area contributed by atoms with Crippen LogP contribution in [-0.2, 0) is 14.8 Å². The van der Waals surface area contributed by atoms with Gasteiger partial charge in [0.2, 0.25) is 0 Å². The number of sulfonamides is 1. The summed E-state index contributed by atoms with van der Waals surface area (Å²) in [5.41, 5.74) is 4.11. The predicted molar refractivity (Wildman–Crippen MR) is 95.9 cm³/mol. The number of nitrogens with one attached hydrogen (secondary N) is 2. The van der Waals surface area contributed by atoms with E-state index in [0.717, 1.165) is 11.1 Å². The number of halogens is 1. The second-order valence-electron chi connectivity index (χ2n) is 5.51. The van der Waals surface area contributed by atoms with Crippen LogP contribution in [0.5, 0.6) is 5.75 Å². The first-order chi connectivity index (χ1) is 11.7. The Labute approximate surface area is 152 Å². The summed E-state index contributed by atoms with van der Waals surface area (Å²) in [6.07, 6.45) is -0.881. The third-order valence-electron chi connectivity index (χ3n) is 3.66. The molecule has 2 N–H and O–H groups in total. The van der Waals surface area contributed by atoms with Crippen molar-refractivity contribution in [1.82, 2.24) is 10.3 Å². The molecule has 6 nitrogen and oxygen atoms in total. The fourth-order valence-corrected chi connectivity index (χ4v) is 2.96. The van der Waals surface area contributed by atoms with Crippen molar-refractivity contribution < 1.29 is 17.9 Å². The molecule has 0 saturated heterocycles. The van der Waals surface area contributed by atoms with Crippen molar-refractivity contribution in [2.45, 2.75) is 31.8 Å². The average Bonchev–Trinajstić information content (AvgIpc) is 2.57. The topological polar surface area (TPSA) is 84.5 Å². The Kier molecular flexibility index (Phi) is 6.05. The number of rotatable bonds is 6. The number of benzene rings is 2. The molecule has 0 heterocycles. The zero-order valence-electron chi connectivity index (χ0n) is 14.0. The Hall–Kier alpha value is -2.09. The Morgan fingerprint density at radius 2 is 1.76 bits per heavy atom. The second-order valence-corrected chi connectivity index (χ2v) is 7.63. The van der Waals surface area contributed by atoms with Crippen molar-refractivity contribution in [2.75, 3.05) is 0 Å². The number of amides is 1. The quantitative estimate of drug-likeness (QED) is 0.752. The first-order valence-corrected chi connectivity index (χ1v) is 9.37. The van der Waals surface area contributed by atoms with Crippen LogP contribution in [0.1, 0.15) is 18.1 Å². The minimum Gasteiger partial charge on any atom is -0.481 e. The van der Waals surface area contributed by atoms with Crippen LogP contribution in [0.2, 0.25) is 5.02 Å². The molecule has 0 aromatic heterocycles. The predicted octanol–water partition coefficient (Wildman–Crippen LogP) is 2.73. The molecular formula is C17H19ClN2O4S. The zero-order chi connectivity index (χ0) is 18.6. The minimum atomic E-state index is -3.89. The molecular weight excluding hydrogens is 364 g/mol. The van der Waals surface area contributed by atoms with E-state index in [-0.39, 0.29) is 4.90 Å². The molecule has 0 aliphatic rings. The summed E-state index contributed by atoms with van der Waals surface area (Å²) in [4.78, 5) is 14.1. The van der Waals surface area contributed by atoms with Crippen LogP contribution in [-0.4, -0.2) is 20.4 Å². The summed E-state index contributed by atoms with van der Waals surface area (Å²) in [6.45, 7) is 5.36. The van der Waals surface area contributed by atoms with Gasteiger partial charge < -0.3 is 4.74 Å². The van der Waals surface area contributed by atoms with Crippen LogP contribution in [0.3, 0.4) is 0 Å². The van der Waals surface area contributed by atoms with Crippen LogP contribution < -0.4 is 15.0 Å². The number of hydrogen-bond acceptors (Lipinski definition) is 4. The maximum absolute atomic E-state index is 12.1. The number of hydrogen-bond donors (Lipinski definition) is 2. The number of hydrazine groups is 1. The lowest BCUT2D eigenvalue weighted by atomic mass is 10.1.